The van der Waals surface area contributed by atoms with Gasteiger partial charge in [-0.2, -0.15) is 0 Å². The second-order valence-electron chi connectivity index (χ2n) is 4.99. The summed E-state index contributed by atoms with van der Waals surface area (Å²) in [5.74, 6) is -0.256. The number of amides is 2. The topological polar surface area (TPSA) is 44.7 Å². The number of allylic oxidation sites excluding steroid dienone is 2. The van der Waals surface area contributed by atoms with Gasteiger partial charge in [0.15, 0.2) is 0 Å². The Kier molecular flexibility index (Phi) is 3.26. The zero-order valence-corrected chi connectivity index (χ0v) is 11.1. The van der Waals surface area contributed by atoms with E-state index in [0.29, 0.717) is 19.6 Å². The molecule has 0 saturated carbocycles. The number of likely N-dealkylation sites (tertiary alicyclic amines) is 1. The number of piperidine rings is 1. The van der Waals surface area contributed by atoms with Gasteiger partial charge in [-0.05, 0) is 23.3 Å². The van der Waals surface area contributed by atoms with Crippen LogP contribution in [0.5, 0.6) is 0 Å². The van der Waals surface area contributed by atoms with Crippen LogP contribution >= 0.6 is 0 Å². The largest absolute Gasteiger partial charge is 0.335 e. The van der Waals surface area contributed by atoms with Crippen molar-refractivity contribution in [1.29, 1.82) is 0 Å². The molecule has 0 spiro atoms. The molecule has 3 rings (SSSR count). The molecule has 1 N–H and O–H groups in total. The van der Waals surface area contributed by atoms with Gasteiger partial charge >= 0.3 is 6.03 Å². The minimum atomic E-state index is -0.256. The van der Waals surface area contributed by atoms with E-state index in [1.165, 1.54) is 12.2 Å². The Labute approximate surface area is 117 Å². The van der Waals surface area contributed by atoms with Crippen LogP contribution in [-0.2, 0) is 0 Å². The first kappa shape index (κ1) is 12.8. The lowest BCUT2D eigenvalue weighted by Crippen LogP contribution is -2.45. The van der Waals surface area contributed by atoms with Crippen molar-refractivity contribution in [3.05, 3.63) is 47.9 Å². The average Bonchev–Trinajstić information content (AvgIpc) is 2.82. The second kappa shape index (κ2) is 5.07. The van der Waals surface area contributed by atoms with Gasteiger partial charge in [-0.15, -0.1) is 6.58 Å². The molecule has 0 radical (unpaired) electrons. The van der Waals surface area contributed by atoms with Crippen molar-refractivity contribution in [3.8, 4) is 0 Å². The quantitative estimate of drug-likeness (QED) is 0.770. The van der Waals surface area contributed by atoms with Gasteiger partial charge in [-0.3, -0.25) is 4.99 Å². The molecule has 1 unspecified atom stereocenters. The van der Waals surface area contributed by atoms with Crippen LogP contribution in [0.2, 0.25) is 0 Å². The van der Waals surface area contributed by atoms with Crippen LogP contribution in [0, 0.1) is 0 Å². The van der Waals surface area contributed by atoms with Crippen molar-refractivity contribution in [2.24, 2.45) is 4.99 Å². The molecule has 5 heteroatoms. The normalized spacial score (nSPS) is 23.9. The van der Waals surface area contributed by atoms with E-state index in [4.69, 9.17) is 0 Å². The number of carbonyl (C=O) groups excluding carboxylic acids is 1. The van der Waals surface area contributed by atoms with Crippen molar-refractivity contribution in [2.75, 3.05) is 19.6 Å². The lowest BCUT2D eigenvalue weighted by molar-refractivity contribution is 0.203. The first-order valence-corrected chi connectivity index (χ1v) is 6.68. The van der Waals surface area contributed by atoms with Crippen LogP contribution in [-0.4, -0.2) is 42.3 Å². The molecule has 1 atom stereocenters. The van der Waals surface area contributed by atoms with E-state index < -0.39 is 0 Å². The molecule has 3 aliphatic rings. The van der Waals surface area contributed by atoms with E-state index >= 15 is 0 Å². The molecule has 1 saturated heterocycles. The number of halogens is 1. The molecule has 1 aliphatic carbocycles. The summed E-state index contributed by atoms with van der Waals surface area (Å²) in [7, 11) is 0. The molecule has 0 aromatic rings. The van der Waals surface area contributed by atoms with Crippen molar-refractivity contribution < 1.29 is 9.18 Å². The number of fused-ring (bicyclic) bond motifs is 2. The molecule has 4 nitrogen and oxygen atoms in total. The van der Waals surface area contributed by atoms with E-state index in [0.717, 1.165) is 23.3 Å². The minimum Gasteiger partial charge on any atom is -0.335 e. The van der Waals surface area contributed by atoms with Crippen LogP contribution in [0.1, 0.15) is 6.42 Å². The number of aliphatic imine (C=N–C) groups is 1. The van der Waals surface area contributed by atoms with Gasteiger partial charge in [-0.25, -0.2) is 9.18 Å². The third kappa shape index (κ3) is 2.19. The van der Waals surface area contributed by atoms with E-state index in [1.807, 2.05) is 0 Å². The van der Waals surface area contributed by atoms with Gasteiger partial charge in [0, 0.05) is 31.8 Å². The summed E-state index contributed by atoms with van der Waals surface area (Å²) >= 11 is 0. The average molecular weight is 273 g/mol. The molecule has 0 aromatic carbocycles. The maximum absolute atomic E-state index is 13.4. The summed E-state index contributed by atoms with van der Waals surface area (Å²) < 4.78 is 13.4. The van der Waals surface area contributed by atoms with Crippen molar-refractivity contribution in [2.45, 2.75) is 12.5 Å². The Bertz CT molecular complexity index is 586. The van der Waals surface area contributed by atoms with Crippen LogP contribution < -0.4 is 5.32 Å². The lowest BCUT2D eigenvalue weighted by atomic mass is 9.94. The fraction of sp³-hybridized carbons (Fsp3) is 0.333. The van der Waals surface area contributed by atoms with E-state index in [-0.39, 0.29) is 17.9 Å². The van der Waals surface area contributed by atoms with E-state index in [9.17, 15) is 9.18 Å². The zero-order chi connectivity index (χ0) is 14.1. The van der Waals surface area contributed by atoms with Crippen LogP contribution in [0.4, 0.5) is 9.18 Å². The monoisotopic (exact) mass is 273 g/mol. The van der Waals surface area contributed by atoms with Gasteiger partial charge < -0.3 is 10.2 Å². The summed E-state index contributed by atoms with van der Waals surface area (Å²) in [5.41, 5.74) is 2.89. The number of hydrogen-bond acceptors (Lipinski definition) is 2. The maximum Gasteiger partial charge on any atom is 0.317 e. The van der Waals surface area contributed by atoms with Gasteiger partial charge in [0.05, 0.1) is 6.04 Å². The Hall–Kier alpha value is -2.17. The van der Waals surface area contributed by atoms with E-state index in [2.05, 4.69) is 16.9 Å². The fourth-order valence-corrected chi connectivity index (χ4v) is 2.71. The molecule has 104 valence electrons. The number of nitrogens with one attached hydrogen (secondary N) is 1. The predicted molar refractivity (Wildman–Crippen MR) is 76.4 cm³/mol. The van der Waals surface area contributed by atoms with Gasteiger partial charge in [0.2, 0.25) is 0 Å². The first-order valence-electron chi connectivity index (χ1n) is 6.68. The number of rotatable bonds is 2. The maximum atomic E-state index is 13.4. The predicted octanol–water partition coefficient (Wildman–Crippen LogP) is 2.13. The molecule has 1 fully saturated rings. The molecule has 0 aromatic heterocycles. The SMILES string of the molecule is C=CCNC(=O)N1CCC2=NC3C=CC(F)=CC3=C2C1. The Balaban J connectivity index is 1.80. The highest BCUT2D eigenvalue weighted by atomic mass is 19.1. The standard InChI is InChI=1S/C15H16FN3O/c1-2-6-17-15(20)19-7-5-14-12(9-19)11-8-10(16)3-4-13(11)18-14/h2-4,8,13H,1,5-7,9H2,(H,17,20). The van der Waals surface area contributed by atoms with E-state index in [1.54, 1.807) is 17.1 Å². The van der Waals surface area contributed by atoms with Crippen LogP contribution in [0.15, 0.2) is 52.8 Å². The van der Waals surface area contributed by atoms with Crippen LogP contribution in [0.3, 0.4) is 0 Å². The van der Waals surface area contributed by atoms with Crippen molar-refractivity contribution in [3.63, 3.8) is 0 Å². The zero-order valence-electron chi connectivity index (χ0n) is 11.1. The lowest BCUT2D eigenvalue weighted by Gasteiger charge is -2.29. The summed E-state index contributed by atoms with van der Waals surface area (Å²) in [5, 5.41) is 2.77. The van der Waals surface area contributed by atoms with Gasteiger partial charge in [0.25, 0.3) is 0 Å². The number of urea groups is 1. The number of nitrogens with zero attached hydrogens (tertiary/aromatic N) is 2. The molecule has 2 aliphatic heterocycles. The Morgan fingerprint density at radius 2 is 2.50 bits per heavy atom. The molecule has 2 heterocycles. The highest BCUT2D eigenvalue weighted by molar-refractivity contribution is 6.06. The minimum absolute atomic E-state index is 0.0734. The van der Waals surface area contributed by atoms with Gasteiger partial charge in [-0.1, -0.05) is 12.2 Å². The first-order chi connectivity index (χ1) is 9.69. The summed E-state index contributed by atoms with van der Waals surface area (Å²) in [6, 6.07) is -0.188. The molecule has 0 bridgehead atoms. The highest BCUT2D eigenvalue weighted by Crippen LogP contribution is 2.32. The van der Waals surface area contributed by atoms with Crippen molar-refractivity contribution in [1.82, 2.24) is 10.2 Å². The van der Waals surface area contributed by atoms with Crippen molar-refractivity contribution >= 4 is 11.7 Å². The Morgan fingerprint density at radius 1 is 1.65 bits per heavy atom. The number of hydrogen-bond donors (Lipinski definition) is 1. The second-order valence-corrected chi connectivity index (χ2v) is 4.99. The number of carbonyl (C=O) groups is 1. The highest BCUT2D eigenvalue weighted by Gasteiger charge is 2.32. The molecule has 20 heavy (non-hydrogen) atoms. The molecule has 2 amide bonds. The van der Waals surface area contributed by atoms with Crippen LogP contribution in [0.25, 0.3) is 0 Å². The van der Waals surface area contributed by atoms with Gasteiger partial charge in [0.1, 0.15) is 5.83 Å². The third-order valence-electron chi connectivity index (χ3n) is 3.69. The smallest absolute Gasteiger partial charge is 0.317 e. The summed E-state index contributed by atoms with van der Waals surface area (Å²) in [4.78, 5) is 18.3. The third-order valence-corrected chi connectivity index (χ3v) is 3.69. The summed E-state index contributed by atoms with van der Waals surface area (Å²) in [6.07, 6.45) is 7.11. The Morgan fingerprint density at radius 3 is 3.30 bits per heavy atom. The summed E-state index contributed by atoms with van der Waals surface area (Å²) in [6.45, 7) is 5.15. The molecular formula is C15H16FN3O. The fourth-order valence-electron chi connectivity index (χ4n) is 2.71. The molecular weight excluding hydrogens is 257 g/mol.